The van der Waals surface area contributed by atoms with Crippen LogP contribution in [-0.4, -0.2) is 22.8 Å². The Bertz CT molecular complexity index is 622. The zero-order valence-electron chi connectivity index (χ0n) is 12.4. The van der Waals surface area contributed by atoms with E-state index >= 15 is 0 Å². The lowest BCUT2D eigenvalue weighted by Gasteiger charge is -2.27. The van der Waals surface area contributed by atoms with E-state index in [0.29, 0.717) is 11.3 Å². The van der Waals surface area contributed by atoms with Gasteiger partial charge < -0.3 is 10.4 Å². The Morgan fingerprint density at radius 2 is 1.64 bits per heavy atom. The van der Waals surface area contributed by atoms with E-state index < -0.39 is 17.8 Å². The number of benzene rings is 1. The third-order valence-corrected chi connectivity index (χ3v) is 5.06. The standard InChI is InChI=1S/C17H19NO4/c1-9(19)10-4-6-13(7-5-10)18-16(20)14-11-2-3-12(8-11)15(14)17(21)22/h4-7,11-12,14-15H,2-3,8H2,1H3,(H,18,20)(H,21,22)/t11-,12-,14-,15+/m0/s1. The molecular weight excluding hydrogens is 282 g/mol. The molecule has 2 bridgehead atoms. The lowest BCUT2D eigenvalue weighted by molar-refractivity contribution is -0.148. The first-order valence-corrected chi connectivity index (χ1v) is 7.62. The summed E-state index contributed by atoms with van der Waals surface area (Å²) >= 11 is 0. The Morgan fingerprint density at radius 1 is 1.05 bits per heavy atom. The molecule has 5 nitrogen and oxygen atoms in total. The van der Waals surface area contributed by atoms with Gasteiger partial charge in [-0.1, -0.05) is 0 Å². The SMILES string of the molecule is CC(=O)c1ccc(NC(=O)[C@H]2[C@H]3CC[C@@H](C3)[C@H]2C(=O)O)cc1. The highest BCUT2D eigenvalue weighted by Gasteiger charge is 2.53. The summed E-state index contributed by atoms with van der Waals surface area (Å²) in [5.41, 5.74) is 1.18. The molecule has 1 amide bonds. The highest BCUT2D eigenvalue weighted by Crippen LogP contribution is 2.52. The van der Waals surface area contributed by atoms with E-state index in [1.54, 1.807) is 24.3 Å². The van der Waals surface area contributed by atoms with Gasteiger partial charge >= 0.3 is 5.97 Å². The number of carbonyl (C=O) groups excluding carboxylic acids is 2. The Morgan fingerprint density at radius 3 is 2.18 bits per heavy atom. The van der Waals surface area contributed by atoms with Crippen LogP contribution in [0, 0.1) is 23.7 Å². The van der Waals surface area contributed by atoms with Gasteiger partial charge in [0.05, 0.1) is 11.8 Å². The van der Waals surface area contributed by atoms with E-state index in [1.807, 2.05) is 0 Å². The molecule has 0 aromatic heterocycles. The van der Waals surface area contributed by atoms with E-state index in [2.05, 4.69) is 5.32 Å². The fourth-order valence-electron chi connectivity index (χ4n) is 4.04. The average Bonchev–Trinajstić information content (AvgIpc) is 3.08. The Hall–Kier alpha value is -2.17. The predicted molar refractivity (Wildman–Crippen MR) is 80.5 cm³/mol. The van der Waals surface area contributed by atoms with Crippen molar-refractivity contribution in [2.75, 3.05) is 5.32 Å². The van der Waals surface area contributed by atoms with Gasteiger partial charge in [0.25, 0.3) is 0 Å². The minimum Gasteiger partial charge on any atom is -0.481 e. The van der Waals surface area contributed by atoms with Crippen LogP contribution in [0.4, 0.5) is 5.69 Å². The molecule has 2 aliphatic rings. The number of rotatable bonds is 4. The van der Waals surface area contributed by atoms with Crippen molar-refractivity contribution in [3.63, 3.8) is 0 Å². The quantitative estimate of drug-likeness (QED) is 0.837. The first-order chi connectivity index (χ1) is 10.5. The minimum absolute atomic E-state index is 0.0306. The van der Waals surface area contributed by atoms with E-state index in [0.717, 1.165) is 19.3 Å². The second-order valence-electron chi connectivity index (χ2n) is 6.35. The summed E-state index contributed by atoms with van der Waals surface area (Å²) in [6, 6.07) is 6.68. The van der Waals surface area contributed by atoms with Gasteiger partial charge in [0.15, 0.2) is 5.78 Å². The molecule has 2 saturated carbocycles. The first kappa shape index (κ1) is 14.8. The van der Waals surface area contributed by atoms with Crippen molar-refractivity contribution in [2.24, 2.45) is 23.7 Å². The third kappa shape index (κ3) is 2.51. The zero-order valence-corrected chi connectivity index (χ0v) is 12.4. The number of hydrogen-bond acceptors (Lipinski definition) is 3. The molecular formula is C17H19NO4. The molecule has 2 fully saturated rings. The van der Waals surface area contributed by atoms with E-state index in [-0.39, 0.29) is 23.5 Å². The van der Waals surface area contributed by atoms with Gasteiger partial charge in [-0.2, -0.15) is 0 Å². The number of fused-ring (bicyclic) bond motifs is 2. The molecule has 3 rings (SSSR count). The van der Waals surface area contributed by atoms with Crippen LogP contribution in [-0.2, 0) is 9.59 Å². The maximum atomic E-state index is 12.5. The van der Waals surface area contributed by atoms with Crippen LogP contribution in [0.3, 0.4) is 0 Å². The molecule has 4 atom stereocenters. The minimum atomic E-state index is -0.862. The second-order valence-corrected chi connectivity index (χ2v) is 6.35. The normalized spacial score (nSPS) is 29.3. The smallest absolute Gasteiger partial charge is 0.307 e. The van der Waals surface area contributed by atoms with E-state index in [1.165, 1.54) is 6.92 Å². The topological polar surface area (TPSA) is 83.5 Å². The number of aliphatic carboxylic acids is 1. The van der Waals surface area contributed by atoms with Gasteiger partial charge in [-0.15, -0.1) is 0 Å². The van der Waals surface area contributed by atoms with Crippen molar-refractivity contribution < 1.29 is 19.5 Å². The number of nitrogens with one attached hydrogen (secondary N) is 1. The predicted octanol–water partition coefficient (Wildman–Crippen LogP) is 2.57. The summed E-state index contributed by atoms with van der Waals surface area (Å²) < 4.78 is 0. The molecule has 1 aromatic rings. The monoisotopic (exact) mass is 301 g/mol. The van der Waals surface area contributed by atoms with Crippen molar-refractivity contribution in [1.82, 2.24) is 0 Å². The van der Waals surface area contributed by atoms with E-state index in [4.69, 9.17) is 0 Å². The highest BCUT2D eigenvalue weighted by atomic mass is 16.4. The van der Waals surface area contributed by atoms with Gasteiger partial charge in [-0.05, 0) is 62.3 Å². The number of ketones is 1. The summed E-state index contributed by atoms with van der Waals surface area (Å²) in [6.45, 7) is 1.49. The van der Waals surface area contributed by atoms with Crippen LogP contribution in [0.15, 0.2) is 24.3 Å². The maximum absolute atomic E-state index is 12.5. The molecule has 0 heterocycles. The lowest BCUT2D eigenvalue weighted by Crippen LogP contribution is -2.37. The van der Waals surface area contributed by atoms with Crippen LogP contribution in [0.1, 0.15) is 36.5 Å². The number of Topliss-reactive ketones (excluding diaryl/α,β-unsaturated/α-hetero) is 1. The van der Waals surface area contributed by atoms with Crippen LogP contribution >= 0.6 is 0 Å². The maximum Gasteiger partial charge on any atom is 0.307 e. The summed E-state index contributed by atoms with van der Waals surface area (Å²) in [6.07, 6.45) is 2.70. The van der Waals surface area contributed by atoms with Crippen molar-refractivity contribution in [2.45, 2.75) is 26.2 Å². The summed E-state index contributed by atoms with van der Waals surface area (Å²) in [5, 5.41) is 12.2. The molecule has 22 heavy (non-hydrogen) atoms. The molecule has 0 saturated heterocycles. The summed E-state index contributed by atoms with van der Waals surface area (Å²) in [7, 11) is 0. The van der Waals surface area contributed by atoms with Crippen LogP contribution in [0.25, 0.3) is 0 Å². The van der Waals surface area contributed by atoms with Crippen molar-refractivity contribution in [3.8, 4) is 0 Å². The number of carboxylic acid groups (broad SMARTS) is 1. The highest BCUT2D eigenvalue weighted by molar-refractivity contribution is 5.97. The zero-order chi connectivity index (χ0) is 15.9. The van der Waals surface area contributed by atoms with Crippen molar-refractivity contribution in [1.29, 1.82) is 0 Å². The van der Waals surface area contributed by atoms with E-state index in [9.17, 15) is 19.5 Å². The molecule has 2 aliphatic carbocycles. The molecule has 5 heteroatoms. The van der Waals surface area contributed by atoms with Gasteiger partial charge in [-0.3, -0.25) is 14.4 Å². The fraction of sp³-hybridized carbons (Fsp3) is 0.471. The summed E-state index contributed by atoms with van der Waals surface area (Å²) in [4.78, 5) is 35.2. The Balaban J connectivity index is 1.73. The lowest BCUT2D eigenvalue weighted by atomic mass is 9.78. The molecule has 1 aromatic carbocycles. The van der Waals surface area contributed by atoms with Crippen LogP contribution in [0.2, 0.25) is 0 Å². The molecule has 0 unspecified atom stereocenters. The van der Waals surface area contributed by atoms with Crippen LogP contribution in [0.5, 0.6) is 0 Å². The molecule has 2 N–H and O–H groups in total. The number of anilines is 1. The van der Waals surface area contributed by atoms with Crippen molar-refractivity contribution in [3.05, 3.63) is 29.8 Å². The summed E-state index contributed by atoms with van der Waals surface area (Å²) in [5.74, 6) is -1.79. The Labute approximate surface area is 128 Å². The number of carboxylic acids is 1. The number of carbonyl (C=O) groups is 3. The third-order valence-electron chi connectivity index (χ3n) is 5.06. The number of hydrogen-bond donors (Lipinski definition) is 2. The van der Waals surface area contributed by atoms with Crippen molar-refractivity contribution >= 4 is 23.3 Å². The fourth-order valence-corrected chi connectivity index (χ4v) is 4.04. The average molecular weight is 301 g/mol. The molecule has 116 valence electrons. The van der Waals surface area contributed by atoms with Gasteiger partial charge in [0.2, 0.25) is 5.91 Å². The Kier molecular flexibility index (Phi) is 3.72. The van der Waals surface area contributed by atoms with Crippen LogP contribution < -0.4 is 5.32 Å². The molecule has 0 spiro atoms. The van der Waals surface area contributed by atoms with Gasteiger partial charge in [0, 0.05) is 11.3 Å². The van der Waals surface area contributed by atoms with Gasteiger partial charge in [-0.25, -0.2) is 0 Å². The molecule has 0 aliphatic heterocycles. The number of amides is 1. The first-order valence-electron chi connectivity index (χ1n) is 7.62. The largest absolute Gasteiger partial charge is 0.481 e. The molecule has 0 radical (unpaired) electrons. The van der Waals surface area contributed by atoms with Gasteiger partial charge in [0.1, 0.15) is 0 Å². The second kappa shape index (κ2) is 5.55.